The van der Waals surface area contributed by atoms with Crippen molar-refractivity contribution in [3.05, 3.63) is 73.5 Å². The number of thiocarbonyl (C=S) groups is 1. The molecule has 4 aromatic rings. The molecular formula is C25H21Cl3N4OS2. The molecule has 0 saturated carbocycles. The molecule has 1 aliphatic heterocycles. The number of nitrogens with zero attached hydrogens (tertiary/aromatic N) is 3. The van der Waals surface area contributed by atoms with E-state index >= 15 is 0 Å². The van der Waals surface area contributed by atoms with Gasteiger partial charge in [0.2, 0.25) is 0 Å². The van der Waals surface area contributed by atoms with Crippen LogP contribution in [0.2, 0.25) is 15.1 Å². The van der Waals surface area contributed by atoms with E-state index < -0.39 is 0 Å². The maximum absolute atomic E-state index is 6.24. The maximum atomic E-state index is 6.24. The minimum Gasteiger partial charge on any atom is -0.354 e. The molecule has 10 heteroatoms. The molecular weight excluding hydrogens is 543 g/mol. The van der Waals surface area contributed by atoms with Crippen molar-refractivity contribution in [2.45, 2.75) is 25.7 Å². The molecule has 2 aromatic heterocycles. The first-order chi connectivity index (χ1) is 16.9. The smallest absolute Gasteiger partial charge is 0.186 e. The number of halogens is 3. The van der Waals surface area contributed by atoms with E-state index in [1.54, 1.807) is 23.5 Å². The fraction of sp³-hybridized carbons (Fsp3) is 0.240. The average Bonchev–Trinajstić information content (AvgIpc) is 3.54. The van der Waals surface area contributed by atoms with Gasteiger partial charge in [-0.05, 0) is 61.8 Å². The highest BCUT2D eigenvalue weighted by molar-refractivity contribution is 7.80. The summed E-state index contributed by atoms with van der Waals surface area (Å²) in [5.74, 6) is 1.02. The summed E-state index contributed by atoms with van der Waals surface area (Å²) in [6.45, 7) is 3.73. The van der Waals surface area contributed by atoms with Crippen molar-refractivity contribution in [3.8, 4) is 22.7 Å². The summed E-state index contributed by atoms with van der Waals surface area (Å²) in [5, 5.41) is 13.1. The normalized spacial score (nSPS) is 14.3. The average molecular weight is 564 g/mol. The lowest BCUT2D eigenvalue weighted by Gasteiger charge is -2.33. The second-order valence-corrected chi connectivity index (χ2v) is 10.9. The molecule has 0 aliphatic carbocycles. The Morgan fingerprint density at radius 1 is 1.06 bits per heavy atom. The van der Waals surface area contributed by atoms with Crippen molar-refractivity contribution in [2.24, 2.45) is 0 Å². The van der Waals surface area contributed by atoms with Gasteiger partial charge in [0.25, 0.3) is 0 Å². The second-order valence-electron chi connectivity index (χ2n) is 8.38. The number of aromatic nitrogens is 2. The zero-order valence-electron chi connectivity index (χ0n) is 18.7. The van der Waals surface area contributed by atoms with E-state index in [-0.39, 0.29) is 0 Å². The number of likely N-dealkylation sites (tertiary alicyclic amines) is 1. The van der Waals surface area contributed by atoms with Crippen LogP contribution in [0.4, 0.5) is 5.69 Å². The van der Waals surface area contributed by atoms with Crippen LogP contribution < -0.4 is 5.32 Å². The molecule has 0 spiro atoms. The Kier molecular flexibility index (Phi) is 7.32. The number of anilines is 1. The van der Waals surface area contributed by atoms with E-state index in [1.165, 1.54) is 0 Å². The third-order valence-electron chi connectivity index (χ3n) is 6.14. The molecule has 1 saturated heterocycles. The summed E-state index contributed by atoms with van der Waals surface area (Å²) in [5.41, 5.74) is 4.27. The van der Waals surface area contributed by atoms with Crippen LogP contribution in [0.15, 0.2) is 52.4 Å². The molecule has 5 rings (SSSR count). The highest BCUT2D eigenvalue weighted by atomic mass is 35.5. The van der Waals surface area contributed by atoms with E-state index in [2.05, 4.69) is 15.4 Å². The molecule has 2 aromatic carbocycles. The number of hydrogen-bond donors (Lipinski definition) is 1. The number of benzene rings is 2. The number of rotatable bonds is 4. The fourth-order valence-corrected chi connectivity index (χ4v) is 5.79. The Morgan fingerprint density at radius 2 is 1.86 bits per heavy atom. The quantitative estimate of drug-likeness (QED) is 0.252. The molecule has 0 radical (unpaired) electrons. The summed E-state index contributed by atoms with van der Waals surface area (Å²) in [6.07, 6.45) is 1.96. The third-order valence-corrected chi connectivity index (χ3v) is 8.66. The van der Waals surface area contributed by atoms with Crippen LogP contribution >= 0.6 is 58.4 Å². The molecule has 35 heavy (non-hydrogen) atoms. The summed E-state index contributed by atoms with van der Waals surface area (Å²) < 4.78 is 5.57. The van der Waals surface area contributed by atoms with Crippen LogP contribution in [-0.2, 0) is 0 Å². The first-order valence-corrected chi connectivity index (χ1v) is 13.5. The van der Waals surface area contributed by atoms with Gasteiger partial charge in [0.15, 0.2) is 10.9 Å². The molecule has 0 atom stereocenters. The largest absolute Gasteiger partial charge is 0.354 e. The van der Waals surface area contributed by atoms with Gasteiger partial charge < -0.3 is 14.7 Å². The number of nitrogens with one attached hydrogen (secondary N) is 1. The standard InChI is InChI=1S/C25H21Cl3N4OS2/c1-14-17(26)3-2-4-20(14)30-25(34)32-9-7-15(8-10-32)24-29-22(13-35-24)23-12-21(31-33-23)16-5-6-18(27)19(28)11-16/h2-6,11-13,15H,7-10H2,1H3,(H,30,34). The van der Waals surface area contributed by atoms with Crippen molar-refractivity contribution in [1.82, 2.24) is 15.0 Å². The SMILES string of the molecule is Cc1c(Cl)cccc1NC(=S)N1CCC(c2nc(-c3cc(-c4ccc(Cl)c(Cl)c4)no3)cs2)CC1. The number of piperidine rings is 1. The Morgan fingerprint density at radius 3 is 2.63 bits per heavy atom. The third kappa shape index (κ3) is 5.34. The van der Waals surface area contributed by atoms with E-state index in [0.717, 1.165) is 63.6 Å². The highest BCUT2D eigenvalue weighted by Gasteiger charge is 2.25. The molecule has 0 amide bonds. The summed E-state index contributed by atoms with van der Waals surface area (Å²) in [6, 6.07) is 13.1. The first kappa shape index (κ1) is 24.5. The fourth-order valence-electron chi connectivity index (χ4n) is 4.04. The molecule has 1 fully saturated rings. The zero-order chi connectivity index (χ0) is 24.5. The number of thiazole rings is 1. The van der Waals surface area contributed by atoms with Gasteiger partial charge in [0, 0.05) is 46.7 Å². The van der Waals surface area contributed by atoms with Crippen molar-refractivity contribution >= 4 is 69.2 Å². The molecule has 1 N–H and O–H groups in total. The van der Waals surface area contributed by atoms with E-state index in [1.807, 2.05) is 42.6 Å². The predicted molar refractivity (Wildman–Crippen MR) is 149 cm³/mol. The Balaban J connectivity index is 1.21. The molecule has 180 valence electrons. The van der Waals surface area contributed by atoms with Crippen molar-refractivity contribution in [1.29, 1.82) is 0 Å². The van der Waals surface area contributed by atoms with E-state index in [9.17, 15) is 0 Å². The van der Waals surface area contributed by atoms with Crippen LogP contribution in [0.1, 0.15) is 29.3 Å². The predicted octanol–water partition coefficient (Wildman–Crippen LogP) is 8.31. The molecule has 0 unspecified atom stereocenters. The van der Waals surface area contributed by atoms with Crippen LogP contribution in [0, 0.1) is 6.92 Å². The van der Waals surface area contributed by atoms with Gasteiger partial charge in [-0.15, -0.1) is 11.3 Å². The second kappa shape index (κ2) is 10.4. The molecule has 5 nitrogen and oxygen atoms in total. The highest BCUT2D eigenvalue weighted by Crippen LogP contribution is 2.35. The van der Waals surface area contributed by atoms with E-state index in [0.29, 0.717) is 27.4 Å². The lowest BCUT2D eigenvalue weighted by atomic mass is 9.98. The van der Waals surface area contributed by atoms with Crippen molar-refractivity contribution in [2.75, 3.05) is 18.4 Å². The molecule has 1 aliphatic rings. The van der Waals surface area contributed by atoms with Gasteiger partial charge in [0.1, 0.15) is 11.4 Å². The maximum Gasteiger partial charge on any atom is 0.186 e. The minimum atomic E-state index is 0.387. The zero-order valence-corrected chi connectivity index (χ0v) is 22.6. The van der Waals surface area contributed by atoms with Crippen LogP contribution in [0.25, 0.3) is 22.7 Å². The lowest BCUT2D eigenvalue weighted by molar-refractivity contribution is 0.316. The summed E-state index contributed by atoms with van der Waals surface area (Å²) >= 11 is 25.7. The molecule has 0 bridgehead atoms. The summed E-state index contributed by atoms with van der Waals surface area (Å²) in [4.78, 5) is 7.07. The van der Waals surface area contributed by atoms with Gasteiger partial charge in [0.05, 0.1) is 15.1 Å². The van der Waals surface area contributed by atoms with Crippen LogP contribution in [-0.4, -0.2) is 33.2 Å². The minimum absolute atomic E-state index is 0.387. The summed E-state index contributed by atoms with van der Waals surface area (Å²) in [7, 11) is 0. The first-order valence-electron chi connectivity index (χ1n) is 11.1. The van der Waals surface area contributed by atoms with Crippen LogP contribution in [0.3, 0.4) is 0 Å². The van der Waals surface area contributed by atoms with Crippen molar-refractivity contribution < 1.29 is 4.52 Å². The van der Waals surface area contributed by atoms with Crippen molar-refractivity contribution in [3.63, 3.8) is 0 Å². The van der Waals surface area contributed by atoms with Gasteiger partial charge >= 0.3 is 0 Å². The Hall–Kier alpha value is -2.16. The van der Waals surface area contributed by atoms with E-state index in [4.69, 9.17) is 56.5 Å². The monoisotopic (exact) mass is 562 g/mol. The Bertz CT molecular complexity index is 1380. The molecule has 3 heterocycles. The van der Waals surface area contributed by atoms with Crippen LogP contribution in [0.5, 0.6) is 0 Å². The number of hydrogen-bond acceptors (Lipinski definition) is 5. The van der Waals surface area contributed by atoms with Gasteiger partial charge in [-0.1, -0.05) is 52.1 Å². The van der Waals surface area contributed by atoms with Gasteiger partial charge in [-0.2, -0.15) is 0 Å². The van der Waals surface area contributed by atoms with Gasteiger partial charge in [-0.3, -0.25) is 0 Å². The lowest BCUT2D eigenvalue weighted by Crippen LogP contribution is -2.40. The van der Waals surface area contributed by atoms with Gasteiger partial charge in [-0.25, -0.2) is 4.98 Å². The Labute approximate surface area is 228 Å². The topological polar surface area (TPSA) is 54.2 Å².